The minimum absolute atomic E-state index is 0.107. The summed E-state index contributed by atoms with van der Waals surface area (Å²) < 4.78 is 1.89. The van der Waals surface area contributed by atoms with Crippen molar-refractivity contribution in [2.24, 2.45) is 5.92 Å². The number of aromatic amines is 1. The molecule has 5 rings (SSSR count). The summed E-state index contributed by atoms with van der Waals surface area (Å²) in [4.78, 5) is 15.2. The molecule has 1 aliphatic heterocycles. The van der Waals surface area contributed by atoms with Crippen LogP contribution in [0.25, 0.3) is 16.6 Å². The zero-order valence-corrected chi connectivity index (χ0v) is 18.3. The number of aromatic nitrogens is 4. The van der Waals surface area contributed by atoms with Crippen LogP contribution in [0, 0.1) is 12.8 Å². The highest BCUT2D eigenvalue weighted by Gasteiger charge is 2.22. The second-order valence-corrected chi connectivity index (χ2v) is 8.63. The second-order valence-electron chi connectivity index (χ2n) is 8.63. The van der Waals surface area contributed by atoms with Crippen molar-refractivity contribution < 1.29 is 4.79 Å². The van der Waals surface area contributed by atoms with E-state index in [2.05, 4.69) is 50.6 Å². The number of likely N-dealkylation sites (tertiary alicyclic amines) is 1. The molecule has 0 aliphatic carbocycles. The SMILES string of the molecule is Cc1cc(-n2cccn2)ccc1CN1CCCC(CNC(=O)c2n[nH]c3ccccc23)C1. The van der Waals surface area contributed by atoms with Crippen LogP contribution in [-0.2, 0) is 6.54 Å². The summed E-state index contributed by atoms with van der Waals surface area (Å²) in [6.45, 7) is 5.85. The van der Waals surface area contributed by atoms with E-state index in [4.69, 9.17) is 0 Å². The molecule has 2 aromatic carbocycles. The molecule has 32 heavy (non-hydrogen) atoms. The van der Waals surface area contributed by atoms with Gasteiger partial charge in [0.05, 0.1) is 11.2 Å². The Morgan fingerprint density at radius 2 is 2.12 bits per heavy atom. The van der Waals surface area contributed by atoms with Crippen molar-refractivity contribution in [2.75, 3.05) is 19.6 Å². The average molecular weight is 429 g/mol. The molecule has 1 atom stereocenters. The number of carbonyl (C=O) groups excluding carboxylic acids is 1. The highest BCUT2D eigenvalue weighted by molar-refractivity contribution is 6.04. The van der Waals surface area contributed by atoms with E-state index in [0.717, 1.165) is 49.1 Å². The van der Waals surface area contributed by atoms with Crippen LogP contribution in [0.1, 0.15) is 34.5 Å². The van der Waals surface area contributed by atoms with Crippen molar-refractivity contribution in [1.29, 1.82) is 0 Å². The number of fused-ring (bicyclic) bond motifs is 1. The minimum Gasteiger partial charge on any atom is -0.350 e. The zero-order chi connectivity index (χ0) is 21.9. The second kappa shape index (κ2) is 8.96. The van der Waals surface area contributed by atoms with E-state index in [0.29, 0.717) is 18.2 Å². The molecule has 0 saturated carbocycles. The third-order valence-corrected chi connectivity index (χ3v) is 6.33. The Morgan fingerprint density at radius 1 is 1.22 bits per heavy atom. The standard InChI is InChI=1S/C25H28N6O/c1-18-14-21(31-13-5-11-27-31)10-9-20(18)17-30-12-4-6-19(16-30)15-26-25(32)24-22-7-2-3-8-23(22)28-29-24/h2-3,5,7-11,13-14,19H,4,6,12,15-17H2,1H3,(H,26,32)(H,28,29). The van der Waals surface area contributed by atoms with E-state index in [1.54, 1.807) is 6.20 Å². The smallest absolute Gasteiger partial charge is 0.272 e. The van der Waals surface area contributed by atoms with Crippen LogP contribution in [0.5, 0.6) is 0 Å². The number of nitrogens with zero attached hydrogens (tertiary/aromatic N) is 4. The molecule has 0 bridgehead atoms. The quantitative estimate of drug-likeness (QED) is 0.491. The van der Waals surface area contributed by atoms with Crippen LogP contribution in [0.2, 0.25) is 0 Å². The highest BCUT2D eigenvalue weighted by Crippen LogP contribution is 2.21. The van der Waals surface area contributed by atoms with Gasteiger partial charge in [0.15, 0.2) is 5.69 Å². The number of amides is 1. The van der Waals surface area contributed by atoms with Crippen molar-refractivity contribution in [3.8, 4) is 5.69 Å². The van der Waals surface area contributed by atoms with Crippen molar-refractivity contribution in [3.05, 3.63) is 77.7 Å². The van der Waals surface area contributed by atoms with Gasteiger partial charge in [-0.15, -0.1) is 0 Å². The number of carbonyl (C=O) groups is 1. The van der Waals surface area contributed by atoms with Crippen LogP contribution in [0.15, 0.2) is 60.9 Å². The first kappa shape index (κ1) is 20.5. The van der Waals surface area contributed by atoms with Crippen LogP contribution >= 0.6 is 0 Å². The Hall–Kier alpha value is -3.45. The normalized spacial score (nSPS) is 17.0. The lowest BCUT2D eigenvalue weighted by Crippen LogP contribution is -2.40. The molecule has 1 fully saturated rings. The minimum atomic E-state index is -0.107. The number of hydrogen-bond donors (Lipinski definition) is 2. The Morgan fingerprint density at radius 3 is 2.97 bits per heavy atom. The van der Waals surface area contributed by atoms with E-state index in [1.165, 1.54) is 11.1 Å². The summed E-state index contributed by atoms with van der Waals surface area (Å²) in [7, 11) is 0. The molecular formula is C25H28N6O. The lowest BCUT2D eigenvalue weighted by Gasteiger charge is -2.33. The lowest BCUT2D eigenvalue weighted by atomic mass is 9.97. The fraction of sp³-hybridized carbons (Fsp3) is 0.320. The van der Waals surface area contributed by atoms with Crippen LogP contribution in [0.4, 0.5) is 0 Å². The van der Waals surface area contributed by atoms with Crippen LogP contribution in [0.3, 0.4) is 0 Å². The number of nitrogens with one attached hydrogen (secondary N) is 2. The number of rotatable bonds is 6. The number of H-pyrrole nitrogens is 1. The molecule has 4 aromatic rings. The predicted octanol–water partition coefficient (Wildman–Crippen LogP) is 3.70. The van der Waals surface area contributed by atoms with E-state index >= 15 is 0 Å². The van der Waals surface area contributed by atoms with Gasteiger partial charge in [-0.3, -0.25) is 14.8 Å². The fourth-order valence-electron chi connectivity index (χ4n) is 4.58. The van der Waals surface area contributed by atoms with Gasteiger partial charge in [-0.05, 0) is 67.6 Å². The largest absolute Gasteiger partial charge is 0.350 e. The van der Waals surface area contributed by atoms with Crippen molar-refractivity contribution in [3.63, 3.8) is 0 Å². The summed E-state index contributed by atoms with van der Waals surface area (Å²) in [5.74, 6) is 0.339. The number of para-hydroxylation sites is 1. The molecule has 7 heteroatoms. The maximum absolute atomic E-state index is 12.7. The van der Waals surface area contributed by atoms with Gasteiger partial charge in [0.2, 0.25) is 0 Å². The summed E-state index contributed by atoms with van der Waals surface area (Å²) in [6, 6.07) is 16.2. The molecule has 1 unspecified atom stereocenters. The average Bonchev–Trinajstić information content (AvgIpc) is 3.49. The monoisotopic (exact) mass is 428 g/mol. The molecule has 1 aliphatic rings. The van der Waals surface area contributed by atoms with Gasteiger partial charge < -0.3 is 5.32 Å². The Labute approximate surface area is 187 Å². The maximum atomic E-state index is 12.7. The zero-order valence-electron chi connectivity index (χ0n) is 18.3. The van der Waals surface area contributed by atoms with Gasteiger partial charge in [-0.25, -0.2) is 4.68 Å². The molecule has 164 valence electrons. The Balaban J connectivity index is 1.18. The van der Waals surface area contributed by atoms with Gasteiger partial charge in [0.1, 0.15) is 0 Å². The van der Waals surface area contributed by atoms with Crippen molar-refractivity contribution in [2.45, 2.75) is 26.3 Å². The molecule has 2 N–H and O–H groups in total. The summed E-state index contributed by atoms with van der Waals surface area (Å²) >= 11 is 0. The molecular weight excluding hydrogens is 400 g/mol. The summed E-state index contributed by atoms with van der Waals surface area (Å²) in [5.41, 5.74) is 5.06. The Bertz CT molecular complexity index is 1210. The Kier molecular flexibility index (Phi) is 5.73. The molecule has 3 heterocycles. The first-order chi connectivity index (χ1) is 15.7. The van der Waals surface area contributed by atoms with Gasteiger partial charge in [0.25, 0.3) is 5.91 Å². The predicted molar refractivity (Wildman–Crippen MR) is 125 cm³/mol. The van der Waals surface area contributed by atoms with E-state index in [-0.39, 0.29) is 5.91 Å². The topological polar surface area (TPSA) is 78.8 Å². The van der Waals surface area contributed by atoms with Crippen LogP contribution < -0.4 is 5.32 Å². The number of benzene rings is 2. The molecule has 1 saturated heterocycles. The molecule has 1 amide bonds. The highest BCUT2D eigenvalue weighted by atomic mass is 16.1. The van der Waals surface area contributed by atoms with E-state index in [1.807, 2.05) is 41.2 Å². The van der Waals surface area contributed by atoms with Gasteiger partial charge in [-0.2, -0.15) is 10.2 Å². The number of piperidine rings is 1. The van der Waals surface area contributed by atoms with Gasteiger partial charge in [0, 0.05) is 37.4 Å². The maximum Gasteiger partial charge on any atom is 0.272 e. The third kappa shape index (κ3) is 4.29. The number of aryl methyl sites for hydroxylation is 1. The lowest BCUT2D eigenvalue weighted by molar-refractivity contribution is 0.0927. The third-order valence-electron chi connectivity index (χ3n) is 6.33. The van der Waals surface area contributed by atoms with Gasteiger partial charge >= 0.3 is 0 Å². The molecule has 7 nitrogen and oxygen atoms in total. The fourth-order valence-corrected chi connectivity index (χ4v) is 4.58. The van der Waals surface area contributed by atoms with Crippen molar-refractivity contribution in [1.82, 2.24) is 30.2 Å². The van der Waals surface area contributed by atoms with E-state index < -0.39 is 0 Å². The molecule has 0 spiro atoms. The molecule has 2 aromatic heterocycles. The van der Waals surface area contributed by atoms with E-state index in [9.17, 15) is 4.79 Å². The van der Waals surface area contributed by atoms with Crippen LogP contribution in [-0.4, -0.2) is 50.4 Å². The summed E-state index contributed by atoms with van der Waals surface area (Å²) in [6.07, 6.45) is 6.04. The first-order valence-electron chi connectivity index (χ1n) is 11.2. The number of hydrogen-bond acceptors (Lipinski definition) is 4. The van der Waals surface area contributed by atoms with Gasteiger partial charge in [-0.1, -0.05) is 24.3 Å². The van der Waals surface area contributed by atoms with Crippen molar-refractivity contribution >= 4 is 16.8 Å². The molecule has 0 radical (unpaired) electrons. The summed E-state index contributed by atoms with van der Waals surface area (Å²) in [5, 5.41) is 15.4. The first-order valence-corrected chi connectivity index (χ1v) is 11.2.